The number of carbonyl (C=O) groups excluding carboxylic acids is 2. The predicted octanol–water partition coefficient (Wildman–Crippen LogP) is 5.16. The molecule has 0 radical (unpaired) electrons. The van der Waals surface area contributed by atoms with Gasteiger partial charge in [-0.1, -0.05) is 0 Å². The van der Waals surface area contributed by atoms with Crippen molar-refractivity contribution in [2.24, 2.45) is 0 Å². The second kappa shape index (κ2) is 10.5. The molecule has 1 fully saturated rings. The van der Waals surface area contributed by atoms with Gasteiger partial charge in [-0.25, -0.2) is 9.37 Å². The highest BCUT2D eigenvalue weighted by atomic mass is 32.1. The van der Waals surface area contributed by atoms with E-state index >= 15 is 0 Å². The molecule has 0 atom stereocenters. The number of rotatable bonds is 6. The maximum absolute atomic E-state index is 13.4. The van der Waals surface area contributed by atoms with Crippen LogP contribution in [0.4, 0.5) is 15.8 Å². The number of benzene rings is 2. The number of nitro groups is 1. The molecular formula is C28H20FN5O5S. The van der Waals surface area contributed by atoms with Gasteiger partial charge in [0.15, 0.2) is 5.11 Å². The maximum Gasteiger partial charge on any atom is 0.287 e. The lowest BCUT2D eigenvalue weighted by Gasteiger charge is -2.28. The van der Waals surface area contributed by atoms with Gasteiger partial charge >= 0.3 is 0 Å². The van der Waals surface area contributed by atoms with Crippen LogP contribution in [0.3, 0.4) is 0 Å². The van der Waals surface area contributed by atoms with E-state index in [2.05, 4.69) is 10.3 Å². The minimum atomic E-state index is -0.625. The van der Waals surface area contributed by atoms with E-state index in [1.54, 1.807) is 12.1 Å². The number of hydrogen-bond acceptors (Lipinski definition) is 7. The molecule has 0 saturated carbocycles. The van der Waals surface area contributed by atoms with Crippen molar-refractivity contribution in [2.75, 3.05) is 4.90 Å². The van der Waals surface area contributed by atoms with Crippen molar-refractivity contribution in [2.45, 2.75) is 13.8 Å². The van der Waals surface area contributed by atoms with Crippen LogP contribution in [0.15, 0.2) is 78.5 Å². The molecule has 0 aliphatic carbocycles. The summed E-state index contributed by atoms with van der Waals surface area (Å²) in [6, 6.07) is 16.9. The highest BCUT2D eigenvalue weighted by Gasteiger charge is 2.34. The summed E-state index contributed by atoms with van der Waals surface area (Å²) in [4.78, 5) is 41.4. The number of nitrogens with one attached hydrogen (secondary N) is 1. The standard InChI is InChI=1S/C28H20FN5O5S/c1-16-13-18(14-24-26(35)31-28(40)33(27(24)36)21-5-3-19(29)4-6-21)17(2)32(16)20-7-10-23(11-8-20)39-25-12-9-22(15-30-25)34(37)38/h3-15H,1-2H3,(H,31,35,40). The Balaban J connectivity index is 1.41. The Labute approximate surface area is 232 Å². The van der Waals surface area contributed by atoms with Crippen molar-refractivity contribution in [1.29, 1.82) is 0 Å². The summed E-state index contributed by atoms with van der Waals surface area (Å²) in [5, 5.41) is 13.2. The molecule has 200 valence electrons. The second-order valence-corrected chi connectivity index (χ2v) is 9.19. The third kappa shape index (κ3) is 5.07. The minimum Gasteiger partial charge on any atom is -0.439 e. The molecule has 40 heavy (non-hydrogen) atoms. The quantitative estimate of drug-likeness (QED) is 0.114. The number of hydrogen-bond donors (Lipinski definition) is 1. The summed E-state index contributed by atoms with van der Waals surface area (Å²) in [6.45, 7) is 3.75. The highest BCUT2D eigenvalue weighted by molar-refractivity contribution is 7.80. The molecule has 1 saturated heterocycles. The van der Waals surface area contributed by atoms with E-state index in [1.165, 1.54) is 42.5 Å². The summed E-state index contributed by atoms with van der Waals surface area (Å²) >= 11 is 5.20. The van der Waals surface area contributed by atoms with Crippen LogP contribution in [0.1, 0.15) is 17.0 Å². The maximum atomic E-state index is 13.4. The van der Waals surface area contributed by atoms with Crippen LogP contribution < -0.4 is 15.0 Å². The fourth-order valence-electron chi connectivity index (χ4n) is 4.29. The molecule has 4 aromatic rings. The van der Waals surface area contributed by atoms with Gasteiger partial charge in [-0.3, -0.25) is 29.9 Å². The van der Waals surface area contributed by atoms with Crippen molar-refractivity contribution in [3.8, 4) is 17.3 Å². The van der Waals surface area contributed by atoms with E-state index in [1.807, 2.05) is 36.6 Å². The molecule has 1 N–H and O–H groups in total. The van der Waals surface area contributed by atoms with Crippen LogP contribution in [0.2, 0.25) is 0 Å². The zero-order valence-corrected chi connectivity index (χ0v) is 21.9. The summed E-state index contributed by atoms with van der Waals surface area (Å²) in [7, 11) is 0. The molecule has 0 spiro atoms. The Morgan fingerprint density at radius 3 is 2.33 bits per heavy atom. The van der Waals surface area contributed by atoms with Gasteiger partial charge < -0.3 is 9.30 Å². The zero-order chi connectivity index (χ0) is 28.6. The van der Waals surface area contributed by atoms with Crippen molar-refractivity contribution < 1.29 is 23.6 Å². The van der Waals surface area contributed by atoms with Crippen LogP contribution in [-0.2, 0) is 9.59 Å². The van der Waals surface area contributed by atoms with Crippen LogP contribution >= 0.6 is 12.2 Å². The molecule has 12 heteroatoms. The Morgan fingerprint density at radius 1 is 1.02 bits per heavy atom. The lowest BCUT2D eigenvalue weighted by molar-refractivity contribution is -0.385. The average molecular weight is 558 g/mol. The third-order valence-electron chi connectivity index (χ3n) is 6.21. The Morgan fingerprint density at radius 2 is 1.70 bits per heavy atom. The molecular weight excluding hydrogens is 537 g/mol. The van der Waals surface area contributed by atoms with E-state index in [0.717, 1.165) is 28.2 Å². The largest absolute Gasteiger partial charge is 0.439 e. The van der Waals surface area contributed by atoms with E-state index in [-0.39, 0.29) is 22.3 Å². The first kappa shape index (κ1) is 26.4. The number of amides is 2. The Bertz CT molecular complexity index is 1700. The lowest BCUT2D eigenvalue weighted by Crippen LogP contribution is -2.54. The number of nitrogens with zero attached hydrogens (tertiary/aromatic N) is 4. The van der Waals surface area contributed by atoms with Crippen LogP contribution in [0.5, 0.6) is 11.6 Å². The first-order valence-electron chi connectivity index (χ1n) is 11.9. The normalized spacial score (nSPS) is 14.4. The Hall–Kier alpha value is -5.23. The van der Waals surface area contributed by atoms with Crippen molar-refractivity contribution in [1.82, 2.24) is 14.9 Å². The predicted molar refractivity (Wildman–Crippen MR) is 149 cm³/mol. The summed E-state index contributed by atoms with van der Waals surface area (Å²) in [5.74, 6) is -1.01. The molecule has 2 aromatic heterocycles. The van der Waals surface area contributed by atoms with Crippen molar-refractivity contribution >= 4 is 46.6 Å². The smallest absolute Gasteiger partial charge is 0.287 e. The highest BCUT2D eigenvalue weighted by Crippen LogP contribution is 2.28. The van der Waals surface area contributed by atoms with Gasteiger partial charge in [0.05, 0.1) is 10.6 Å². The Kier molecular flexibility index (Phi) is 6.92. The summed E-state index contributed by atoms with van der Waals surface area (Å²) in [6.07, 6.45) is 2.63. The van der Waals surface area contributed by atoms with E-state index in [9.17, 15) is 24.1 Å². The molecule has 10 nitrogen and oxygen atoms in total. The SMILES string of the molecule is Cc1cc(C=C2C(=O)NC(=S)N(c3ccc(F)cc3)C2=O)c(C)n1-c1ccc(Oc2ccc([N+](=O)[O-])cn2)cc1. The first-order valence-corrected chi connectivity index (χ1v) is 12.3. The number of ether oxygens (including phenoxy) is 1. The molecule has 3 heterocycles. The zero-order valence-electron chi connectivity index (χ0n) is 21.1. The van der Waals surface area contributed by atoms with Gasteiger partial charge in [-0.05, 0) is 92.3 Å². The fourth-order valence-corrected chi connectivity index (χ4v) is 4.57. The number of anilines is 1. The van der Waals surface area contributed by atoms with Gasteiger partial charge in [-0.15, -0.1) is 0 Å². The minimum absolute atomic E-state index is 0.0875. The average Bonchev–Trinajstić information content (AvgIpc) is 3.20. The molecule has 1 aliphatic rings. The third-order valence-corrected chi connectivity index (χ3v) is 6.49. The number of thiocarbonyl (C=S) groups is 1. The van der Waals surface area contributed by atoms with Gasteiger partial charge in [0.25, 0.3) is 17.5 Å². The monoisotopic (exact) mass is 557 g/mol. The fraction of sp³-hybridized carbons (Fsp3) is 0.0714. The molecule has 2 aromatic carbocycles. The van der Waals surface area contributed by atoms with Crippen LogP contribution in [0, 0.1) is 29.8 Å². The second-order valence-electron chi connectivity index (χ2n) is 8.80. The first-order chi connectivity index (χ1) is 19.1. The molecule has 0 unspecified atom stereocenters. The van der Waals surface area contributed by atoms with E-state index in [0.29, 0.717) is 17.0 Å². The van der Waals surface area contributed by atoms with Gasteiger partial charge in [0.1, 0.15) is 23.3 Å². The topological polar surface area (TPSA) is 120 Å². The number of halogens is 1. The number of pyridine rings is 1. The molecule has 2 amide bonds. The number of carbonyl (C=O) groups is 2. The van der Waals surface area contributed by atoms with Gasteiger partial charge in [0.2, 0.25) is 5.88 Å². The summed E-state index contributed by atoms with van der Waals surface area (Å²) in [5.41, 5.74) is 3.17. The number of aryl methyl sites for hydroxylation is 1. The van der Waals surface area contributed by atoms with Crippen molar-refractivity contribution in [3.63, 3.8) is 0 Å². The molecule has 1 aliphatic heterocycles. The van der Waals surface area contributed by atoms with Crippen molar-refractivity contribution in [3.05, 3.63) is 111 Å². The van der Waals surface area contributed by atoms with Gasteiger partial charge in [0, 0.05) is 29.2 Å². The molecule has 0 bridgehead atoms. The van der Waals surface area contributed by atoms with E-state index in [4.69, 9.17) is 17.0 Å². The van der Waals surface area contributed by atoms with E-state index < -0.39 is 22.6 Å². The lowest BCUT2D eigenvalue weighted by atomic mass is 10.1. The summed E-state index contributed by atoms with van der Waals surface area (Å²) < 4.78 is 21.0. The number of aromatic nitrogens is 2. The van der Waals surface area contributed by atoms with Crippen LogP contribution in [0.25, 0.3) is 11.8 Å². The molecule has 5 rings (SSSR count). The van der Waals surface area contributed by atoms with Crippen LogP contribution in [-0.4, -0.2) is 31.4 Å². The van der Waals surface area contributed by atoms with Gasteiger partial charge in [-0.2, -0.15) is 0 Å².